The Labute approximate surface area is 225 Å². The van der Waals surface area contributed by atoms with Gasteiger partial charge < -0.3 is 20.1 Å². The van der Waals surface area contributed by atoms with Crippen molar-refractivity contribution >= 4 is 23.5 Å². The number of nitrogens with one attached hydrogen (secondary N) is 1. The number of carbonyl (C=O) groups excluding carboxylic acids is 2. The SMILES string of the molecule is COc1cccc(-c2cc(CN3C(=O)c4ccc(C)cc4NC(=O)C3Cc3ccccn3)ccc2C(=O)O)c1. The number of amides is 2. The van der Waals surface area contributed by atoms with Crippen LogP contribution in [0.3, 0.4) is 0 Å². The normalized spacial score (nSPS) is 14.8. The van der Waals surface area contributed by atoms with Crippen LogP contribution >= 0.6 is 0 Å². The van der Waals surface area contributed by atoms with Crippen LogP contribution in [0, 0.1) is 6.92 Å². The van der Waals surface area contributed by atoms with Gasteiger partial charge in [0.05, 0.1) is 23.9 Å². The minimum atomic E-state index is -1.07. The molecule has 4 aromatic rings. The van der Waals surface area contributed by atoms with Gasteiger partial charge in [0.25, 0.3) is 5.91 Å². The summed E-state index contributed by atoms with van der Waals surface area (Å²) in [6.07, 6.45) is 1.88. The molecule has 1 aliphatic heterocycles. The number of hydrogen-bond donors (Lipinski definition) is 2. The molecule has 1 atom stereocenters. The zero-order valence-electron chi connectivity index (χ0n) is 21.5. The number of carbonyl (C=O) groups is 3. The number of anilines is 1. The number of carboxylic acid groups (broad SMARTS) is 1. The van der Waals surface area contributed by atoms with Crippen LogP contribution in [0.1, 0.15) is 37.5 Å². The van der Waals surface area contributed by atoms with E-state index in [0.29, 0.717) is 39.4 Å². The summed E-state index contributed by atoms with van der Waals surface area (Å²) in [4.78, 5) is 45.4. The van der Waals surface area contributed by atoms with Crippen LogP contribution < -0.4 is 10.1 Å². The van der Waals surface area contributed by atoms with Crippen molar-refractivity contribution in [1.29, 1.82) is 0 Å². The number of ether oxygens (including phenoxy) is 1. The van der Waals surface area contributed by atoms with Crippen LogP contribution in [0.15, 0.2) is 85.1 Å². The van der Waals surface area contributed by atoms with Crippen molar-refractivity contribution < 1.29 is 24.2 Å². The molecule has 0 aliphatic carbocycles. The molecule has 0 radical (unpaired) electrons. The molecule has 0 bridgehead atoms. The van der Waals surface area contributed by atoms with Crippen LogP contribution in [-0.4, -0.2) is 45.9 Å². The molecule has 39 heavy (non-hydrogen) atoms. The van der Waals surface area contributed by atoms with Crippen LogP contribution in [0.4, 0.5) is 5.69 Å². The summed E-state index contributed by atoms with van der Waals surface area (Å²) in [5.41, 5.74) is 4.42. The van der Waals surface area contributed by atoms with E-state index in [-0.39, 0.29) is 30.3 Å². The smallest absolute Gasteiger partial charge is 0.336 e. The number of aromatic nitrogens is 1. The molecule has 2 heterocycles. The van der Waals surface area contributed by atoms with Gasteiger partial charge in [-0.25, -0.2) is 4.79 Å². The van der Waals surface area contributed by atoms with E-state index in [4.69, 9.17) is 4.74 Å². The molecule has 8 heteroatoms. The zero-order valence-corrected chi connectivity index (χ0v) is 21.5. The molecule has 0 spiro atoms. The number of fused-ring (bicyclic) bond motifs is 1. The van der Waals surface area contributed by atoms with E-state index in [2.05, 4.69) is 10.3 Å². The van der Waals surface area contributed by atoms with Crippen molar-refractivity contribution in [3.63, 3.8) is 0 Å². The maximum absolute atomic E-state index is 13.9. The molecule has 2 N–H and O–H groups in total. The predicted molar refractivity (Wildman–Crippen MR) is 147 cm³/mol. The lowest BCUT2D eigenvalue weighted by Crippen LogP contribution is -2.46. The van der Waals surface area contributed by atoms with Gasteiger partial charge in [0, 0.05) is 24.9 Å². The molecule has 1 unspecified atom stereocenters. The van der Waals surface area contributed by atoms with Gasteiger partial charge >= 0.3 is 5.97 Å². The number of aryl methyl sites for hydroxylation is 1. The van der Waals surface area contributed by atoms with E-state index >= 15 is 0 Å². The number of pyridine rings is 1. The Hall–Kier alpha value is -4.98. The Morgan fingerprint density at radius 2 is 1.85 bits per heavy atom. The van der Waals surface area contributed by atoms with Crippen LogP contribution in [0.25, 0.3) is 11.1 Å². The van der Waals surface area contributed by atoms with Crippen molar-refractivity contribution in [1.82, 2.24) is 9.88 Å². The molecule has 0 fully saturated rings. The molecule has 0 saturated heterocycles. The number of benzene rings is 3. The Bertz CT molecular complexity index is 1570. The summed E-state index contributed by atoms with van der Waals surface area (Å²) in [7, 11) is 1.55. The van der Waals surface area contributed by atoms with Crippen LogP contribution in [0.2, 0.25) is 0 Å². The quantitative estimate of drug-likeness (QED) is 0.356. The van der Waals surface area contributed by atoms with E-state index in [0.717, 1.165) is 5.56 Å². The van der Waals surface area contributed by atoms with E-state index in [9.17, 15) is 19.5 Å². The molecular formula is C31H27N3O5. The van der Waals surface area contributed by atoms with E-state index in [1.807, 2.05) is 25.1 Å². The number of aromatic carboxylic acids is 1. The average molecular weight is 522 g/mol. The van der Waals surface area contributed by atoms with Crippen molar-refractivity contribution in [2.24, 2.45) is 0 Å². The van der Waals surface area contributed by atoms with Gasteiger partial charge in [-0.05, 0) is 77.7 Å². The van der Waals surface area contributed by atoms with Gasteiger partial charge in [-0.3, -0.25) is 14.6 Å². The van der Waals surface area contributed by atoms with Gasteiger partial charge in [0.1, 0.15) is 11.8 Å². The monoisotopic (exact) mass is 521 g/mol. The van der Waals surface area contributed by atoms with E-state index in [1.54, 1.807) is 67.9 Å². The van der Waals surface area contributed by atoms with Gasteiger partial charge in [0.15, 0.2) is 0 Å². The molecule has 196 valence electrons. The summed E-state index contributed by atoms with van der Waals surface area (Å²) in [6.45, 7) is 1.99. The van der Waals surface area contributed by atoms with Crippen LogP contribution in [-0.2, 0) is 17.8 Å². The standard InChI is InChI=1S/C31H27N3O5/c1-19-9-11-25-27(14-19)33-29(35)28(17-22-7-3-4-13-32-22)34(30(25)36)18-20-10-12-24(31(37)38)26(15-20)21-6-5-8-23(16-21)39-2/h3-16,28H,17-18H2,1-2H3,(H,33,35)(H,37,38). The molecule has 8 nitrogen and oxygen atoms in total. The third kappa shape index (κ3) is 5.36. The number of hydrogen-bond acceptors (Lipinski definition) is 5. The lowest BCUT2D eigenvalue weighted by atomic mass is 9.96. The summed E-state index contributed by atoms with van der Waals surface area (Å²) < 4.78 is 5.33. The highest BCUT2D eigenvalue weighted by molar-refractivity contribution is 6.10. The van der Waals surface area contributed by atoms with Gasteiger partial charge in [-0.1, -0.05) is 30.3 Å². The molecule has 2 amide bonds. The second-order valence-electron chi connectivity index (χ2n) is 9.43. The Balaban J connectivity index is 1.58. The van der Waals surface area contributed by atoms with Gasteiger partial charge in [-0.2, -0.15) is 0 Å². The van der Waals surface area contributed by atoms with Crippen molar-refractivity contribution in [2.45, 2.75) is 25.9 Å². The summed E-state index contributed by atoms with van der Waals surface area (Å²) >= 11 is 0. The molecule has 5 rings (SSSR count). The first-order chi connectivity index (χ1) is 18.8. The first-order valence-electron chi connectivity index (χ1n) is 12.5. The maximum atomic E-state index is 13.9. The fourth-order valence-electron chi connectivity index (χ4n) is 4.81. The highest BCUT2D eigenvalue weighted by Gasteiger charge is 2.36. The number of carboxylic acids is 1. The van der Waals surface area contributed by atoms with Gasteiger partial charge in [0.2, 0.25) is 5.91 Å². The first kappa shape index (κ1) is 25.7. The third-order valence-electron chi connectivity index (χ3n) is 6.78. The Morgan fingerprint density at radius 3 is 2.59 bits per heavy atom. The molecule has 0 saturated carbocycles. The Morgan fingerprint density at radius 1 is 1.00 bits per heavy atom. The molecule has 1 aromatic heterocycles. The van der Waals surface area contributed by atoms with Crippen molar-refractivity contribution in [3.05, 3.63) is 113 Å². The predicted octanol–water partition coefficient (Wildman–Crippen LogP) is 4.97. The lowest BCUT2D eigenvalue weighted by molar-refractivity contribution is -0.120. The number of methoxy groups -OCH3 is 1. The molecular weight excluding hydrogens is 494 g/mol. The highest BCUT2D eigenvalue weighted by Crippen LogP contribution is 2.31. The topological polar surface area (TPSA) is 109 Å². The maximum Gasteiger partial charge on any atom is 0.336 e. The van der Waals surface area contributed by atoms with Crippen LogP contribution in [0.5, 0.6) is 5.75 Å². The molecule has 3 aromatic carbocycles. The first-order valence-corrected chi connectivity index (χ1v) is 12.5. The summed E-state index contributed by atoms with van der Waals surface area (Å²) in [6, 6.07) is 22.1. The summed E-state index contributed by atoms with van der Waals surface area (Å²) in [5, 5.41) is 12.8. The Kier molecular flexibility index (Phi) is 7.10. The minimum Gasteiger partial charge on any atom is -0.497 e. The second kappa shape index (κ2) is 10.8. The average Bonchev–Trinajstić information content (AvgIpc) is 3.03. The van der Waals surface area contributed by atoms with E-state index in [1.165, 1.54) is 11.0 Å². The molecule has 1 aliphatic rings. The van der Waals surface area contributed by atoms with Crippen molar-refractivity contribution in [3.8, 4) is 16.9 Å². The largest absolute Gasteiger partial charge is 0.497 e. The lowest BCUT2D eigenvalue weighted by Gasteiger charge is -2.29. The number of rotatable bonds is 7. The minimum absolute atomic E-state index is 0.0912. The van der Waals surface area contributed by atoms with E-state index < -0.39 is 12.0 Å². The second-order valence-corrected chi connectivity index (χ2v) is 9.43. The third-order valence-corrected chi connectivity index (χ3v) is 6.78. The zero-order chi connectivity index (χ0) is 27.5. The summed E-state index contributed by atoms with van der Waals surface area (Å²) in [5.74, 6) is -1.08. The fourth-order valence-corrected chi connectivity index (χ4v) is 4.81. The number of nitrogens with zero attached hydrogens (tertiary/aromatic N) is 2. The van der Waals surface area contributed by atoms with Crippen molar-refractivity contribution in [2.75, 3.05) is 12.4 Å². The highest BCUT2D eigenvalue weighted by atomic mass is 16.5. The van der Waals surface area contributed by atoms with Gasteiger partial charge in [-0.15, -0.1) is 0 Å². The fraction of sp³-hybridized carbons (Fsp3) is 0.161.